The summed E-state index contributed by atoms with van der Waals surface area (Å²) in [6.45, 7) is 7.40. The van der Waals surface area contributed by atoms with Crippen LogP contribution in [0.3, 0.4) is 0 Å². The van der Waals surface area contributed by atoms with E-state index >= 15 is 0 Å². The monoisotopic (exact) mass is 256 g/mol. The number of methoxy groups -OCH3 is 1. The van der Waals surface area contributed by atoms with Crippen molar-refractivity contribution < 1.29 is 4.74 Å². The molecule has 17 heavy (non-hydrogen) atoms. The molecular weight excluding hydrogens is 232 g/mol. The second kappa shape index (κ2) is 6.47. The Balaban J connectivity index is 2.58. The third-order valence-corrected chi connectivity index (χ3v) is 3.69. The maximum absolute atomic E-state index is 5.11. The van der Waals surface area contributed by atoms with Crippen LogP contribution in [0.4, 0.5) is 0 Å². The lowest BCUT2D eigenvalue weighted by Gasteiger charge is -2.15. The summed E-state index contributed by atoms with van der Waals surface area (Å²) >= 11 is 1.76. The van der Waals surface area contributed by atoms with Crippen molar-refractivity contribution in [1.29, 1.82) is 0 Å². The summed E-state index contributed by atoms with van der Waals surface area (Å²) in [5, 5.41) is 6.71. The molecule has 1 atom stereocenters. The van der Waals surface area contributed by atoms with E-state index in [1.54, 1.807) is 18.4 Å². The van der Waals surface area contributed by atoms with Gasteiger partial charge in [0.2, 0.25) is 0 Å². The first kappa shape index (κ1) is 14.6. The molecule has 0 aliphatic heterocycles. The number of rotatable bonds is 6. The van der Waals surface area contributed by atoms with Gasteiger partial charge in [0.15, 0.2) is 0 Å². The molecule has 1 aromatic heterocycles. The Kier molecular flexibility index (Phi) is 5.56. The molecular formula is C13H24N2OS. The molecule has 0 fully saturated rings. The number of ether oxygens (including phenoxy) is 1. The van der Waals surface area contributed by atoms with Crippen molar-refractivity contribution in [2.45, 2.75) is 45.1 Å². The van der Waals surface area contributed by atoms with Crippen LogP contribution in [0.1, 0.15) is 37.9 Å². The second-order valence-electron chi connectivity index (χ2n) is 5.35. The van der Waals surface area contributed by atoms with Gasteiger partial charge in [0.25, 0.3) is 0 Å². The van der Waals surface area contributed by atoms with Gasteiger partial charge in [0.1, 0.15) is 0 Å². The van der Waals surface area contributed by atoms with Crippen LogP contribution in [0, 0.1) is 0 Å². The fourth-order valence-corrected chi connectivity index (χ4v) is 2.67. The third-order valence-electron chi connectivity index (χ3n) is 2.82. The summed E-state index contributed by atoms with van der Waals surface area (Å²) < 4.78 is 5.11. The normalized spacial score (nSPS) is 13.9. The molecule has 1 unspecified atom stereocenters. The van der Waals surface area contributed by atoms with Gasteiger partial charge >= 0.3 is 0 Å². The van der Waals surface area contributed by atoms with E-state index in [0.29, 0.717) is 6.04 Å². The molecule has 0 saturated heterocycles. The van der Waals surface area contributed by atoms with Crippen molar-refractivity contribution in [2.75, 3.05) is 20.8 Å². The summed E-state index contributed by atoms with van der Waals surface area (Å²) in [5.41, 5.74) is 1.34. The Hall–Kier alpha value is -0.450. The highest BCUT2D eigenvalue weighted by molar-refractivity contribution is 7.09. The van der Waals surface area contributed by atoms with Crippen molar-refractivity contribution in [2.24, 2.45) is 0 Å². The van der Waals surface area contributed by atoms with E-state index in [0.717, 1.165) is 19.4 Å². The minimum Gasteiger partial charge on any atom is -0.385 e. The first-order chi connectivity index (χ1) is 7.97. The third kappa shape index (κ3) is 4.74. The molecule has 1 heterocycles. The molecule has 0 bridgehead atoms. The van der Waals surface area contributed by atoms with Crippen molar-refractivity contribution in [1.82, 2.24) is 10.3 Å². The lowest BCUT2D eigenvalue weighted by Crippen LogP contribution is -2.28. The summed E-state index contributed by atoms with van der Waals surface area (Å²) in [6, 6.07) is 0.453. The first-order valence-electron chi connectivity index (χ1n) is 6.08. The Morgan fingerprint density at radius 1 is 1.47 bits per heavy atom. The number of nitrogens with zero attached hydrogens (tertiary/aromatic N) is 1. The number of likely N-dealkylation sites (N-methyl/N-ethyl adjacent to an activating group) is 1. The van der Waals surface area contributed by atoms with Crippen LogP contribution < -0.4 is 5.32 Å². The molecule has 1 rings (SSSR count). The smallest absolute Gasteiger partial charge is 0.0944 e. The van der Waals surface area contributed by atoms with Gasteiger partial charge < -0.3 is 10.1 Å². The molecule has 0 aliphatic carbocycles. The van der Waals surface area contributed by atoms with Crippen LogP contribution in [-0.4, -0.2) is 31.8 Å². The lowest BCUT2D eigenvalue weighted by atomic mass is 9.93. The second-order valence-corrected chi connectivity index (χ2v) is 6.29. The average molecular weight is 256 g/mol. The van der Waals surface area contributed by atoms with E-state index in [9.17, 15) is 0 Å². The number of aromatic nitrogens is 1. The Morgan fingerprint density at radius 3 is 2.65 bits per heavy atom. The van der Waals surface area contributed by atoms with Gasteiger partial charge in [-0.25, -0.2) is 4.98 Å². The Bertz CT molecular complexity index is 330. The minimum absolute atomic E-state index is 0.149. The van der Waals surface area contributed by atoms with E-state index in [2.05, 4.69) is 31.5 Å². The van der Waals surface area contributed by atoms with E-state index in [-0.39, 0.29) is 5.41 Å². The molecule has 3 nitrogen and oxygen atoms in total. The van der Waals surface area contributed by atoms with Gasteiger partial charge in [-0.3, -0.25) is 0 Å². The summed E-state index contributed by atoms with van der Waals surface area (Å²) in [7, 11) is 3.74. The molecule has 0 saturated carbocycles. The average Bonchev–Trinajstić information content (AvgIpc) is 2.72. The van der Waals surface area contributed by atoms with Crippen LogP contribution in [0.15, 0.2) is 5.38 Å². The van der Waals surface area contributed by atoms with Gasteiger partial charge in [0, 0.05) is 37.0 Å². The minimum atomic E-state index is 0.149. The van der Waals surface area contributed by atoms with E-state index in [1.807, 2.05) is 7.05 Å². The lowest BCUT2D eigenvalue weighted by molar-refractivity contribution is 0.184. The van der Waals surface area contributed by atoms with Crippen LogP contribution in [-0.2, 0) is 16.6 Å². The molecule has 98 valence electrons. The van der Waals surface area contributed by atoms with Crippen LogP contribution >= 0.6 is 11.3 Å². The summed E-state index contributed by atoms with van der Waals surface area (Å²) in [6.07, 6.45) is 2.01. The van der Waals surface area contributed by atoms with Gasteiger partial charge in [-0.05, 0) is 13.5 Å². The highest BCUT2D eigenvalue weighted by Gasteiger charge is 2.18. The van der Waals surface area contributed by atoms with Crippen LogP contribution in [0.5, 0.6) is 0 Å². The zero-order valence-electron chi connectivity index (χ0n) is 11.5. The van der Waals surface area contributed by atoms with Crippen LogP contribution in [0.2, 0.25) is 0 Å². The topological polar surface area (TPSA) is 34.1 Å². The standard InChI is InChI=1S/C13H24N2OS/c1-13(2,3)11-9-17-12(15-11)8-10(14-4)6-7-16-5/h9-10,14H,6-8H2,1-5H3. The molecule has 0 aliphatic rings. The quantitative estimate of drug-likeness (QED) is 0.849. The maximum Gasteiger partial charge on any atom is 0.0944 e. The molecule has 0 spiro atoms. The van der Waals surface area contributed by atoms with Crippen molar-refractivity contribution in [3.63, 3.8) is 0 Å². The summed E-state index contributed by atoms with van der Waals surface area (Å²) in [4.78, 5) is 4.72. The number of nitrogens with one attached hydrogen (secondary N) is 1. The molecule has 0 amide bonds. The van der Waals surface area contributed by atoms with E-state index < -0.39 is 0 Å². The number of hydrogen-bond donors (Lipinski definition) is 1. The van der Waals surface area contributed by atoms with Gasteiger partial charge in [-0.2, -0.15) is 0 Å². The fourth-order valence-electron chi connectivity index (χ4n) is 1.57. The largest absolute Gasteiger partial charge is 0.385 e. The zero-order valence-corrected chi connectivity index (χ0v) is 12.4. The van der Waals surface area contributed by atoms with Crippen molar-refractivity contribution in [3.8, 4) is 0 Å². The predicted octanol–water partition coefficient (Wildman–Crippen LogP) is 2.61. The number of hydrogen-bond acceptors (Lipinski definition) is 4. The molecule has 1 aromatic rings. The molecule has 4 heteroatoms. The molecule has 0 aromatic carbocycles. The maximum atomic E-state index is 5.11. The van der Waals surface area contributed by atoms with E-state index in [4.69, 9.17) is 9.72 Å². The fraction of sp³-hybridized carbons (Fsp3) is 0.769. The number of thiazole rings is 1. The van der Waals surface area contributed by atoms with Crippen molar-refractivity contribution >= 4 is 11.3 Å². The SMILES string of the molecule is CNC(CCOC)Cc1nc(C(C)(C)C)cs1. The van der Waals surface area contributed by atoms with Crippen molar-refractivity contribution in [3.05, 3.63) is 16.1 Å². The highest BCUT2D eigenvalue weighted by Crippen LogP contribution is 2.24. The van der Waals surface area contributed by atoms with E-state index in [1.165, 1.54) is 10.7 Å². The Labute approximate surface area is 109 Å². The van der Waals surface area contributed by atoms with Crippen LogP contribution in [0.25, 0.3) is 0 Å². The summed E-state index contributed by atoms with van der Waals surface area (Å²) in [5.74, 6) is 0. The van der Waals surface area contributed by atoms with Gasteiger partial charge in [0.05, 0.1) is 10.7 Å². The Morgan fingerprint density at radius 2 is 2.18 bits per heavy atom. The predicted molar refractivity (Wildman–Crippen MR) is 73.9 cm³/mol. The highest BCUT2D eigenvalue weighted by atomic mass is 32.1. The van der Waals surface area contributed by atoms with Gasteiger partial charge in [-0.15, -0.1) is 11.3 Å². The van der Waals surface area contributed by atoms with Gasteiger partial charge in [-0.1, -0.05) is 20.8 Å². The first-order valence-corrected chi connectivity index (χ1v) is 6.96. The zero-order chi connectivity index (χ0) is 12.9. The molecule has 1 N–H and O–H groups in total. The molecule has 0 radical (unpaired) electrons.